The van der Waals surface area contributed by atoms with Gasteiger partial charge in [0.25, 0.3) is 0 Å². The van der Waals surface area contributed by atoms with Crippen LogP contribution in [0.2, 0.25) is 0 Å². The molecule has 1 saturated heterocycles. The summed E-state index contributed by atoms with van der Waals surface area (Å²) in [5, 5.41) is 16.0. The van der Waals surface area contributed by atoms with Gasteiger partial charge in [-0.25, -0.2) is 0 Å². The van der Waals surface area contributed by atoms with Crippen LogP contribution < -0.4 is 10.1 Å². The first-order valence-corrected chi connectivity index (χ1v) is 9.99. The predicted octanol–water partition coefficient (Wildman–Crippen LogP) is 2.79. The number of rotatable bonds is 8. The van der Waals surface area contributed by atoms with Crippen LogP contribution >= 0.6 is 0 Å². The summed E-state index contributed by atoms with van der Waals surface area (Å²) in [6.45, 7) is 4.66. The molecule has 31 heavy (non-hydrogen) atoms. The van der Waals surface area contributed by atoms with E-state index in [1.807, 2.05) is 30.3 Å². The Morgan fingerprint density at radius 1 is 1.26 bits per heavy atom. The molecule has 1 N–H and O–H groups in total. The van der Waals surface area contributed by atoms with E-state index in [1.165, 1.54) is 6.20 Å². The number of ether oxygens (including phenoxy) is 2. The highest BCUT2D eigenvalue weighted by molar-refractivity contribution is 5.91. The van der Waals surface area contributed by atoms with Crippen LogP contribution in [-0.2, 0) is 22.5 Å². The van der Waals surface area contributed by atoms with Crippen molar-refractivity contribution in [2.24, 2.45) is 5.41 Å². The second kappa shape index (κ2) is 8.98. The monoisotopic (exact) mass is 417 g/mol. The van der Waals surface area contributed by atoms with Crippen LogP contribution in [0.15, 0.2) is 54.9 Å². The molecule has 0 aliphatic carbocycles. The van der Waals surface area contributed by atoms with Crippen molar-refractivity contribution in [3.8, 4) is 11.8 Å². The Bertz CT molecular complexity index is 1080. The fourth-order valence-corrected chi connectivity index (χ4v) is 3.13. The molecule has 1 aliphatic rings. The third-order valence-corrected chi connectivity index (χ3v) is 4.96. The molecule has 3 heterocycles. The van der Waals surface area contributed by atoms with Gasteiger partial charge in [0, 0.05) is 23.9 Å². The lowest BCUT2D eigenvalue weighted by molar-refractivity contribution is -0.120. The summed E-state index contributed by atoms with van der Waals surface area (Å²) in [5.74, 6) is 1.12. The van der Waals surface area contributed by atoms with Crippen molar-refractivity contribution in [3.05, 3.63) is 71.7 Å². The number of carbonyl (C=O) groups excluding carboxylic acids is 1. The average Bonchev–Trinajstić information content (AvgIpc) is 3.19. The second-order valence-electron chi connectivity index (χ2n) is 8.01. The summed E-state index contributed by atoms with van der Waals surface area (Å²) in [7, 11) is 0. The molecule has 0 spiro atoms. The van der Waals surface area contributed by atoms with Gasteiger partial charge in [0.1, 0.15) is 11.8 Å². The van der Waals surface area contributed by atoms with Crippen LogP contribution in [0.5, 0.6) is 5.75 Å². The normalized spacial score (nSPS) is 14.3. The Hall–Kier alpha value is -3.70. The summed E-state index contributed by atoms with van der Waals surface area (Å²) in [5.41, 5.74) is 2.28. The van der Waals surface area contributed by atoms with E-state index < -0.39 is 0 Å². The highest BCUT2D eigenvalue weighted by Gasteiger charge is 2.34. The van der Waals surface area contributed by atoms with Crippen molar-refractivity contribution in [2.45, 2.75) is 19.9 Å². The Kier molecular flexibility index (Phi) is 5.96. The minimum atomic E-state index is -0.144. The molecule has 1 fully saturated rings. The van der Waals surface area contributed by atoms with Crippen molar-refractivity contribution in [1.29, 1.82) is 5.26 Å². The number of nitriles is 1. The molecule has 8 nitrogen and oxygen atoms in total. The molecular weight excluding hydrogens is 394 g/mol. The quantitative estimate of drug-likeness (QED) is 0.605. The van der Waals surface area contributed by atoms with Crippen LogP contribution in [0.25, 0.3) is 0 Å². The molecule has 1 aliphatic heterocycles. The van der Waals surface area contributed by atoms with Crippen molar-refractivity contribution < 1.29 is 14.3 Å². The SMILES string of the molecule is CC1(COc2ccc(CC(=O)Nc3ccn(Cc4ccc(C#N)cn4)n3)cc2)COC1. The van der Waals surface area contributed by atoms with Gasteiger partial charge in [0.05, 0.1) is 44.0 Å². The van der Waals surface area contributed by atoms with Gasteiger partial charge in [0.2, 0.25) is 5.91 Å². The first-order valence-electron chi connectivity index (χ1n) is 9.99. The van der Waals surface area contributed by atoms with Crippen molar-refractivity contribution in [2.75, 3.05) is 25.1 Å². The van der Waals surface area contributed by atoms with E-state index in [0.29, 0.717) is 24.5 Å². The summed E-state index contributed by atoms with van der Waals surface area (Å²) in [6.07, 6.45) is 3.55. The molecule has 0 saturated carbocycles. The van der Waals surface area contributed by atoms with E-state index in [4.69, 9.17) is 14.7 Å². The number of nitrogens with zero attached hydrogens (tertiary/aromatic N) is 4. The largest absolute Gasteiger partial charge is 0.493 e. The van der Waals surface area contributed by atoms with E-state index in [0.717, 1.165) is 30.2 Å². The maximum atomic E-state index is 12.4. The first-order chi connectivity index (χ1) is 15.0. The number of pyridine rings is 1. The smallest absolute Gasteiger partial charge is 0.229 e. The minimum Gasteiger partial charge on any atom is -0.493 e. The van der Waals surface area contributed by atoms with Gasteiger partial charge in [-0.15, -0.1) is 0 Å². The van der Waals surface area contributed by atoms with Gasteiger partial charge in [-0.05, 0) is 29.8 Å². The third-order valence-electron chi connectivity index (χ3n) is 4.96. The van der Waals surface area contributed by atoms with Crippen molar-refractivity contribution >= 4 is 11.7 Å². The number of benzene rings is 1. The van der Waals surface area contributed by atoms with E-state index >= 15 is 0 Å². The second-order valence-corrected chi connectivity index (χ2v) is 8.01. The maximum absolute atomic E-state index is 12.4. The Balaban J connectivity index is 1.26. The molecule has 4 rings (SSSR count). The molecular formula is C23H23N5O3. The van der Waals surface area contributed by atoms with E-state index in [1.54, 1.807) is 29.1 Å². The zero-order valence-corrected chi connectivity index (χ0v) is 17.2. The third kappa shape index (κ3) is 5.47. The molecule has 0 radical (unpaired) electrons. The van der Waals surface area contributed by atoms with Crippen molar-refractivity contribution in [1.82, 2.24) is 14.8 Å². The lowest BCUT2D eigenvalue weighted by atomic mass is 9.90. The molecule has 3 aromatic rings. The Labute approximate surface area is 180 Å². The number of aromatic nitrogens is 3. The summed E-state index contributed by atoms with van der Waals surface area (Å²) >= 11 is 0. The molecule has 0 bridgehead atoms. The van der Waals surface area contributed by atoms with E-state index in [2.05, 4.69) is 22.3 Å². The number of amides is 1. The van der Waals surface area contributed by atoms with Gasteiger partial charge in [-0.3, -0.25) is 14.5 Å². The maximum Gasteiger partial charge on any atom is 0.229 e. The molecule has 2 aromatic heterocycles. The summed E-state index contributed by atoms with van der Waals surface area (Å²) in [4.78, 5) is 16.6. The number of hydrogen-bond acceptors (Lipinski definition) is 6. The summed E-state index contributed by atoms with van der Waals surface area (Å²) in [6, 6.07) is 14.8. The van der Waals surface area contributed by atoms with E-state index in [-0.39, 0.29) is 17.7 Å². The molecule has 1 amide bonds. The van der Waals surface area contributed by atoms with Gasteiger partial charge in [-0.2, -0.15) is 10.4 Å². The number of carbonyl (C=O) groups is 1. The van der Waals surface area contributed by atoms with Gasteiger partial charge in [0.15, 0.2) is 5.82 Å². The molecule has 1 aromatic carbocycles. The summed E-state index contributed by atoms with van der Waals surface area (Å²) < 4.78 is 12.7. The molecule has 8 heteroatoms. The van der Waals surface area contributed by atoms with E-state index in [9.17, 15) is 4.79 Å². The Morgan fingerprint density at radius 3 is 2.71 bits per heavy atom. The van der Waals surface area contributed by atoms with Gasteiger partial charge in [-0.1, -0.05) is 19.1 Å². The molecule has 0 atom stereocenters. The van der Waals surface area contributed by atoms with Gasteiger partial charge >= 0.3 is 0 Å². The van der Waals surface area contributed by atoms with Crippen LogP contribution in [-0.4, -0.2) is 40.5 Å². The van der Waals surface area contributed by atoms with Crippen molar-refractivity contribution in [3.63, 3.8) is 0 Å². The standard InChI is InChI=1S/C23H23N5O3/c1-23(14-30-15-23)16-31-20-6-3-17(4-7-20)10-22(29)26-21-8-9-28(27-21)13-19-5-2-18(11-24)12-25-19/h2-9,12H,10,13-16H2,1H3,(H,26,27,29). The average molecular weight is 417 g/mol. The number of nitrogens with one attached hydrogen (secondary N) is 1. The van der Waals surface area contributed by atoms with Crippen LogP contribution in [0.3, 0.4) is 0 Å². The van der Waals surface area contributed by atoms with Crippen LogP contribution in [0.4, 0.5) is 5.82 Å². The lowest BCUT2D eigenvalue weighted by Crippen LogP contribution is -2.44. The first kappa shape index (κ1) is 20.6. The fourth-order valence-electron chi connectivity index (χ4n) is 3.13. The lowest BCUT2D eigenvalue weighted by Gasteiger charge is -2.37. The van der Waals surface area contributed by atoms with Gasteiger partial charge < -0.3 is 14.8 Å². The highest BCUT2D eigenvalue weighted by atomic mass is 16.5. The zero-order chi connectivity index (χ0) is 21.7. The fraction of sp³-hybridized carbons (Fsp3) is 0.304. The van der Waals surface area contributed by atoms with Crippen LogP contribution in [0.1, 0.15) is 23.7 Å². The molecule has 158 valence electrons. The topological polar surface area (TPSA) is 102 Å². The number of hydrogen-bond donors (Lipinski definition) is 1. The number of anilines is 1. The van der Waals surface area contributed by atoms with Crippen LogP contribution in [0, 0.1) is 16.7 Å². The highest BCUT2D eigenvalue weighted by Crippen LogP contribution is 2.27. The minimum absolute atomic E-state index is 0.0954. The zero-order valence-electron chi connectivity index (χ0n) is 17.2. The molecule has 0 unspecified atom stereocenters. The Morgan fingerprint density at radius 2 is 2.06 bits per heavy atom. The predicted molar refractivity (Wildman–Crippen MR) is 113 cm³/mol.